The van der Waals surface area contributed by atoms with Crippen LogP contribution in [0.4, 0.5) is 5.69 Å². The lowest BCUT2D eigenvalue weighted by molar-refractivity contribution is -0.128. The largest absolute Gasteiger partial charge is 0.399 e. The van der Waals surface area contributed by atoms with Crippen LogP contribution in [0.1, 0.15) is 12.0 Å². The van der Waals surface area contributed by atoms with E-state index in [1.807, 2.05) is 29.2 Å². The second-order valence-corrected chi connectivity index (χ2v) is 5.12. The van der Waals surface area contributed by atoms with Crippen LogP contribution in [0.25, 0.3) is 0 Å². The third-order valence-electron chi connectivity index (χ3n) is 2.49. The molecule has 1 aromatic rings. The fourth-order valence-corrected chi connectivity index (χ4v) is 2.42. The van der Waals surface area contributed by atoms with E-state index in [2.05, 4.69) is 15.9 Å². The summed E-state index contributed by atoms with van der Waals surface area (Å²) in [5, 5.41) is 0. The van der Waals surface area contributed by atoms with Gasteiger partial charge < -0.3 is 10.6 Å². The van der Waals surface area contributed by atoms with Gasteiger partial charge in [0.05, 0.1) is 0 Å². The van der Waals surface area contributed by atoms with Crippen LogP contribution in [0.15, 0.2) is 24.3 Å². The highest BCUT2D eigenvalue weighted by atomic mass is 79.9. The number of nitrogens with two attached hydrogens (primary N) is 1. The van der Waals surface area contributed by atoms with Gasteiger partial charge in [0.15, 0.2) is 0 Å². The number of carbonyl (C=O) groups excluding carboxylic acids is 1. The molecular formula is C11H13BrN2O. The van der Waals surface area contributed by atoms with E-state index in [4.69, 9.17) is 5.73 Å². The Hall–Kier alpha value is -1.03. The van der Waals surface area contributed by atoms with Crippen molar-refractivity contribution in [3.63, 3.8) is 0 Å². The molecule has 1 aliphatic rings. The van der Waals surface area contributed by atoms with E-state index in [1.165, 1.54) is 0 Å². The molecule has 4 heteroatoms. The van der Waals surface area contributed by atoms with E-state index >= 15 is 0 Å². The van der Waals surface area contributed by atoms with Crippen LogP contribution < -0.4 is 5.73 Å². The minimum absolute atomic E-state index is 0.208. The normalized spacial score (nSPS) is 21.0. The van der Waals surface area contributed by atoms with Gasteiger partial charge in [-0.05, 0) is 17.7 Å². The Morgan fingerprint density at radius 1 is 1.53 bits per heavy atom. The number of likely N-dealkylation sites (tertiary alicyclic amines) is 1. The molecule has 3 nitrogen and oxygen atoms in total. The van der Waals surface area contributed by atoms with Crippen LogP contribution in [0.2, 0.25) is 0 Å². The Kier molecular flexibility index (Phi) is 2.95. The zero-order chi connectivity index (χ0) is 10.8. The highest BCUT2D eigenvalue weighted by Gasteiger charge is 2.27. The second kappa shape index (κ2) is 4.23. The number of amides is 1. The van der Waals surface area contributed by atoms with Crippen LogP contribution in [0.5, 0.6) is 0 Å². The number of nitrogens with zero attached hydrogens (tertiary/aromatic N) is 1. The summed E-state index contributed by atoms with van der Waals surface area (Å²) in [4.78, 5) is 13.7. The summed E-state index contributed by atoms with van der Waals surface area (Å²) >= 11 is 3.46. The van der Waals surface area contributed by atoms with Crippen molar-refractivity contribution in [3.05, 3.63) is 29.8 Å². The molecule has 0 bridgehead atoms. The summed E-state index contributed by atoms with van der Waals surface area (Å²) in [7, 11) is 0. The molecule has 1 aliphatic heterocycles. The van der Waals surface area contributed by atoms with Gasteiger partial charge in [0.1, 0.15) is 0 Å². The molecule has 1 atom stereocenters. The Morgan fingerprint density at radius 3 is 2.93 bits per heavy atom. The number of alkyl halides is 1. The fourth-order valence-electron chi connectivity index (χ4n) is 1.79. The van der Waals surface area contributed by atoms with E-state index in [1.54, 1.807) is 0 Å². The van der Waals surface area contributed by atoms with Gasteiger partial charge in [-0.3, -0.25) is 4.79 Å². The maximum absolute atomic E-state index is 11.5. The number of halogens is 1. The Bertz CT molecular complexity index is 381. The van der Waals surface area contributed by atoms with Crippen molar-refractivity contribution in [2.45, 2.75) is 17.8 Å². The van der Waals surface area contributed by atoms with Gasteiger partial charge in [-0.25, -0.2) is 0 Å². The third-order valence-corrected chi connectivity index (χ3v) is 3.11. The first kappa shape index (κ1) is 10.5. The molecule has 15 heavy (non-hydrogen) atoms. The molecule has 0 aliphatic carbocycles. The van der Waals surface area contributed by atoms with Crippen molar-refractivity contribution in [2.75, 3.05) is 12.3 Å². The summed E-state index contributed by atoms with van der Waals surface area (Å²) in [6, 6.07) is 7.67. The first-order valence-corrected chi connectivity index (χ1v) is 5.83. The van der Waals surface area contributed by atoms with Crippen LogP contribution >= 0.6 is 15.9 Å². The van der Waals surface area contributed by atoms with Crippen LogP contribution in [-0.2, 0) is 11.3 Å². The zero-order valence-electron chi connectivity index (χ0n) is 8.32. The number of carbonyl (C=O) groups is 1. The van der Waals surface area contributed by atoms with Crippen molar-refractivity contribution >= 4 is 27.5 Å². The highest BCUT2D eigenvalue weighted by Crippen LogP contribution is 2.20. The molecule has 1 aromatic carbocycles. The molecule has 1 heterocycles. The van der Waals surface area contributed by atoms with E-state index in [-0.39, 0.29) is 5.91 Å². The molecule has 0 saturated carbocycles. The summed E-state index contributed by atoms with van der Waals surface area (Å²) in [5.74, 6) is 0.208. The number of rotatable bonds is 2. The molecule has 2 N–H and O–H groups in total. The Balaban J connectivity index is 2.06. The Labute approximate surface area is 97.4 Å². The molecule has 80 valence electrons. The number of benzene rings is 1. The van der Waals surface area contributed by atoms with Gasteiger partial charge in [-0.2, -0.15) is 0 Å². The van der Waals surface area contributed by atoms with E-state index in [0.29, 0.717) is 17.8 Å². The Morgan fingerprint density at radius 2 is 2.33 bits per heavy atom. The number of anilines is 1. The predicted molar refractivity (Wildman–Crippen MR) is 63.6 cm³/mol. The second-order valence-electron chi connectivity index (χ2n) is 3.82. The lowest BCUT2D eigenvalue weighted by Gasteiger charge is -2.15. The number of hydrogen-bond donors (Lipinski definition) is 1. The molecular weight excluding hydrogens is 256 g/mol. The number of hydrogen-bond acceptors (Lipinski definition) is 2. The minimum Gasteiger partial charge on any atom is -0.399 e. The standard InChI is InChI=1S/C11H13BrN2O/c12-9-5-11(15)14(7-9)6-8-2-1-3-10(13)4-8/h1-4,9H,5-7,13H2. The van der Waals surface area contributed by atoms with E-state index in [0.717, 1.165) is 17.8 Å². The van der Waals surface area contributed by atoms with Crippen LogP contribution in [-0.4, -0.2) is 22.2 Å². The van der Waals surface area contributed by atoms with Gasteiger partial charge in [0.25, 0.3) is 0 Å². The van der Waals surface area contributed by atoms with Gasteiger partial charge in [-0.15, -0.1) is 0 Å². The van der Waals surface area contributed by atoms with Crippen molar-refractivity contribution in [2.24, 2.45) is 0 Å². The van der Waals surface area contributed by atoms with E-state index < -0.39 is 0 Å². The first-order valence-electron chi connectivity index (χ1n) is 4.91. The van der Waals surface area contributed by atoms with Gasteiger partial charge in [-0.1, -0.05) is 28.1 Å². The first-order chi connectivity index (χ1) is 7.15. The molecule has 0 spiro atoms. The highest BCUT2D eigenvalue weighted by molar-refractivity contribution is 9.09. The smallest absolute Gasteiger partial charge is 0.224 e. The lowest BCUT2D eigenvalue weighted by Crippen LogP contribution is -2.24. The van der Waals surface area contributed by atoms with Crippen molar-refractivity contribution in [3.8, 4) is 0 Å². The monoisotopic (exact) mass is 268 g/mol. The average molecular weight is 269 g/mol. The minimum atomic E-state index is 0.208. The molecule has 1 fully saturated rings. The van der Waals surface area contributed by atoms with Gasteiger partial charge in [0.2, 0.25) is 5.91 Å². The molecule has 1 unspecified atom stereocenters. The third kappa shape index (κ3) is 2.50. The molecule has 0 radical (unpaired) electrons. The number of nitrogen functional groups attached to an aromatic ring is 1. The van der Waals surface area contributed by atoms with Crippen LogP contribution in [0.3, 0.4) is 0 Å². The lowest BCUT2D eigenvalue weighted by atomic mass is 10.2. The summed E-state index contributed by atoms with van der Waals surface area (Å²) < 4.78 is 0. The average Bonchev–Trinajstić information content (AvgIpc) is 2.45. The summed E-state index contributed by atoms with van der Waals surface area (Å²) in [5.41, 5.74) is 7.51. The maximum Gasteiger partial charge on any atom is 0.224 e. The van der Waals surface area contributed by atoms with Crippen molar-refractivity contribution in [1.29, 1.82) is 0 Å². The quantitative estimate of drug-likeness (QED) is 0.657. The molecule has 2 rings (SSSR count). The maximum atomic E-state index is 11.5. The SMILES string of the molecule is Nc1cccc(CN2CC(Br)CC2=O)c1. The fraction of sp³-hybridized carbons (Fsp3) is 0.364. The van der Waals surface area contributed by atoms with Gasteiger partial charge >= 0.3 is 0 Å². The van der Waals surface area contributed by atoms with Crippen molar-refractivity contribution < 1.29 is 4.79 Å². The molecule has 1 saturated heterocycles. The van der Waals surface area contributed by atoms with Crippen molar-refractivity contribution in [1.82, 2.24) is 4.90 Å². The van der Waals surface area contributed by atoms with Gasteiger partial charge in [0, 0.05) is 30.0 Å². The predicted octanol–water partition coefficient (Wildman–Crippen LogP) is 1.76. The summed E-state index contributed by atoms with van der Waals surface area (Å²) in [6.07, 6.45) is 0.600. The van der Waals surface area contributed by atoms with E-state index in [9.17, 15) is 4.79 Å². The topological polar surface area (TPSA) is 46.3 Å². The summed E-state index contributed by atoms with van der Waals surface area (Å²) in [6.45, 7) is 1.44. The molecule has 0 aromatic heterocycles. The van der Waals surface area contributed by atoms with Crippen LogP contribution in [0, 0.1) is 0 Å². The zero-order valence-corrected chi connectivity index (χ0v) is 9.90. The molecule has 1 amide bonds.